The zero-order chi connectivity index (χ0) is 15.1. The Kier molecular flexibility index (Phi) is 6.71. The number of hydrogen-bond donors (Lipinski definition) is 0. The van der Waals surface area contributed by atoms with Gasteiger partial charge in [-0.1, -0.05) is 39.3 Å². The van der Waals surface area contributed by atoms with Gasteiger partial charge in [0.25, 0.3) is 0 Å². The van der Waals surface area contributed by atoms with Gasteiger partial charge in [0.2, 0.25) is 0 Å². The fourth-order valence-corrected chi connectivity index (χ4v) is 2.25. The Morgan fingerprint density at radius 2 is 1.89 bits per heavy atom. The van der Waals surface area contributed by atoms with E-state index in [4.69, 9.17) is 14.3 Å². The molecule has 1 atom stereocenters. The summed E-state index contributed by atoms with van der Waals surface area (Å²) in [5.74, 6) is -0.0204. The summed E-state index contributed by atoms with van der Waals surface area (Å²) in [7, 11) is 0. The van der Waals surface area contributed by atoms with E-state index in [1.165, 1.54) is 5.57 Å². The zero-order valence-corrected chi connectivity index (χ0v) is 12.5. The molecule has 0 radical (unpaired) electrons. The number of ether oxygens (including phenoxy) is 1. The van der Waals surface area contributed by atoms with Gasteiger partial charge in [-0.25, -0.2) is 0 Å². The molecule has 1 aliphatic rings. The highest BCUT2D eigenvalue weighted by Gasteiger charge is 2.43. The van der Waals surface area contributed by atoms with Crippen LogP contribution in [0.2, 0.25) is 0 Å². The average Bonchev–Trinajstić information content (AvgIpc) is 2.75. The molecular formula is C15H24O4. The minimum absolute atomic E-state index is 0.0204. The lowest BCUT2D eigenvalue weighted by molar-refractivity contribution is -0.191. The van der Waals surface area contributed by atoms with Gasteiger partial charge in [-0.15, -0.1) is 0 Å². The normalized spacial score (nSPS) is 21.8. The monoisotopic (exact) mass is 268 g/mol. The minimum atomic E-state index is -0.279. The smallest absolute Gasteiger partial charge is 0.373 e. The molecule has 1 unspecified atom stereocenters. The minimum Gasteiger partial charge on any atom is -0.466 e. The van der Waals surface area contributed by atoms with Gasteiger partial charge in [0, 0.05) is 0 Å². The first kappa shape index (κ1) is 17.6. The molecule has 1 aliphatic carbocycles. The molecule has 0 aromatic carbocycles. The molecule has 1 rings (SSSR count). The van der Waals surface area contributed by atoms with Crippen LogP contribution in [0.5, 0.6) is 0 Å². The lowest BCUT2D eigenvalue weighted by Gasteiger charge is -2.28. The van der Waals surface area contributed by atoms with Crippen LogP contribution < -0.4 is 0 Å². The second kappa shape index (κ2) is 7.25. The summed E-state index contributed by atoms with van der Waals surface area (Å²) in [5, 5.41) is 0. The Morgan fingerprint density at radius 1 is 1.37 bits per heavy atom. The van der Waals surface area contributed by atoms with E-state index < -0.39 is 0 Å². The Balaban J connectivity index is 0.000000982. The van der Waals surface area contributed by atoms with Crippen molar-refractivity contribution in [3.05, 3.63) is 11.6 Å². The van der Waals surface area contributed by atoms with Gasteiger partial charge in [0.1, 0.15) is 0 Å². The van der Waals surface area contributed by atoms with Crippen LogP contribution in [0.15, 0.2) is 11.6 Å². The number of allylic oxidation sites excluding steroid dienone is 2. The molecule has 0 spiro atoms. The highest BCUT2D eigenvalue weighted by molar-refractivity contribution is 5.78. The molecule has 0 heterocycles. The zero-order valence-electron chi connectivity index (χ0n) is 12.5. The number of hydrogen-bond acceptors (Lipinski definition) is 4. The summed E-state index contributed by atoms with van der Waals surface area (Å²) < 4.78 is 5.21. The van der Waals surface area contributed by atoms with Crippen LogP contribution in [0.25, 0.3) is 0 Å². The largest absolute Gasteiger partial charge is 0.466 e. The van der Waals surface area contributed by atoms with E-state index in [2.05, 4.69) is 33.8 Å². The average molecular weight is 268 g/mol. The van der Waals surface area contributed by atoms with Crippen molar-refractivity contribution in [3.63, 3.8) is 0 Å². The fourth-order valence-electron chi connectivity index (χ4n) is 2.25. The summed E-state index contributed by atoms with van der Waals surface area (Å²) in [6.07, 6.45) is 5.06. The van der Waals surface area contributed by atoms with Gasteiger partial charge < -0.3 is 4.74 Å². The quantitative estimate of drug-likeness (QED) is 0.583. The highest BCUT2D eigenvalue weighted by Crippen LogP contribution is 2.47. The Labute approximate surface area is 115 Å². The molecule has 0 saturated carbocycles. The maximum atomic E-state index is 12.0. The number of rotatable bonds is 3. The van der Waals surface area contributed by atoms with Gasteiger partial charge in [0.05, 0.1) is 12.0 Å². The summed E-state index contributed by atoms with van der Waals surface area (Å²) >= 11 is 0. The van der Waals surface area contributed by atoms with Crippen molar-refractivity contribution in [2.45, 2.75) is 53.9 Å². The molecule has 0 saturated heterocycles. The molecule has 0 aromatic heterocycles. The molecular weight excluding hydrogens is 244 g/mol. The SMILES string of the molecule is CCOC(=O)C1(CC)CC=C(C(C)(C)C)C1.O=C=O. The predicted molar refractivity (Wildman–Crippen MR) is 71.1 cm³/mol. The van der Waals surface area contributed by atoms with Crippen molar-refractivity contribution in [1.82, 2.24) is 0 Å². The van der Waals surface area contributed by atoms with Crippen molar-refractivity contribution in [2.75, 3.05) is 6.61 Å². The van der Waals surface area contributed by atoms with Gasteiger partial charge in [-0.3, -0.25) is 4.79 Å². The van der Waals surface area contributed by atoms with Crippen molar-refractivity contribution in [2.24, 2.45) is 10.8 Å². The maximum Gasteiger partial charge on any atom is 0.373 e. The van der Waals surface area contributed by atoms with Crippen molar-refractivity contribution < 1.29 is 19.1 Å². The molecule has 108 valence electrons. The number of carbonyl (C=O) groups is 1. The number of esters is 1. The van der Waals surface area contributed by atoms with E-state index in [9.17, 15) is 4.79 Å². The molecule has 0 fully saturated rings. The Hall–Kier alpha value is -1.41. The van der Waals surface area contributed by atoms with E-state index in [-0.39, 0.29) is 23.0 Å². The van der Waals surface area contributed by atoms with Gasteiger partial charge in [-0.2, -0.15) is 9.59 Å². The van der Waals surface area contributed by atoms with Crippen LogP contribution in [0.3, 0.4) is 0 Å². The van der Waals surface area contributed by atoms with Crippen LogP contribution in [-0.4, -0.2) is 18.7 Å². The van der Waals surface area contributed by atoms with Crippen LogP contribution in [0.4, 0.5) is 0 Å². The highest BCUT2D eigenvalue weighted by atomic mass is 16.5. The fraction of sp³-hybridized carbons (Fsp3) is 0.733. The summed E-state index contributed by atoms with van der Waals surface area (Å²) in [5.41, 5.74) is 1.28. The third-order valence-corrected chi connectivity index (χ3v) is 3.62. The molecule has 19 heavy (non-hydrogen) atoms. The van der Waals surface area contributed by atoms with Crippen molar-refractivity contribution in [1.29, 1.82) is 0 Å². The van der Waals surface area contributed by atoms with Gasteiger partial charge in [0.15, 0.2) is 0 Å². The van der Waals surface area contributed by atoms with E-state index in [0.29, 0.717) is 6.61 Å². The molecule has 0 bridgehead atoms. The Bertz CT molecular complexity index is 370. The third-order valence-electron chi connectivity index (χ3n) is 3.62. The maximum absolute atomic E-state index is 12.0. The molecule has 0 aliphatic heterocycles. The van der Waals surface area contributed by atoms with Gasteiger partial charge >= 0.3 is 12.1 Å². The predicted octanol–water partition coefficient (Wildman–Crippen LogP) is 3.13. The van der Waals surface area contributed by atoms with Gasteiger partial charge in [-0.05, 0) is 31.6 Å². The summed E-state index contributed by atoms with van der Waals surface area (Å²) in [6.45, 7) is 11.0. The lowest BCUT2D eigenvalue weighted by atomic mass is 9.77. The lowest BCUT2D eigenvalue weighted by Crippen LogP contribution is -2.31. The Morgan fingerprint density at radius 3 is 2.21 bits per heavy atom. The molecule has 0 aromatic rings. The first-order valence-corrected chi connectivity index (χ1v) is 6.63. The molecule has 4 heteroatoms. The standard InChI is InChI=1S/C14H24O2.CO2/c1-6-14(12(15)16-7-2)9-8-11(10-14)13(3,4)5;2-1-3/h8H,6-7,9-10H2,1-5H3;. The molecule has 0 N–H and O–H groups in total. The second-order valence-electron chi connectivity index (χ2n) is 5.80. The third kappa shape index (κ3) is 4.64. The van der Waals surface area contributed by atoms with Crippen LogP contribution in [-0.2, 0) is 19.1 Å². The second-order valence-corrected chi connectivity index (χ2v) is 5.80. The summed E-state index contributed by atoms with van der Waals surface area (Å²) in [6, 6.07) is 0. The van der Waals surface area contributed by atoms with E-state index >= 15 is 0 Å². The topological polar surface area (TPSA) is 60.4 Å². The van der Waals surface area contributed by atoms with Crippen LogP contribution in [0.1, 0.15) is 53.9 Å². The van der Waals surface area contributed by atoms with E-state index in [1.807, 2.05) is 6.92 Å². The van der Waals surface area contributed by atoms with Crippen LogP contribution >= 0.6 is 0 Å². The van der Waals surface area contributed by atoms with E-state index in [1.54, 1.807) is 0 Å². The summed E-state index contributed by atoms with van der Waals surface area (Å²) in [4.78, 5) is 28.3. The van der Waals surface area contributed by atoms with E-state index in [0.717, 1.165) is 19.3 Å². The first-order valence-electron chi connectivity index (χ1n) is 6.63. The van der Waals surface area contributed by atoms with Crippen molar-refractivity contribution in [3.8, 4) is 0 Å². The molecule has 4 nitrogen and oxygen atoms in total. The van der Waals surface area contributed by atoms with Crippen molar-refractivity contribution >= 4 is 12.1 Å². The number of carbonyl (C=O) groups excluding carboxylic acids is 3. The first-order chi connectivity index (χ1) is 8.77. The molecule has 0 amide bonds. The van der Waals surface area contributed by atoms with Crippen LogP contribution in [0, 0.1) is 10.8 Å².